The number of H-pyrrole nitrogens is 1. The fourth-order valence-corrected chi connectivity index (χ4v) is 5.06. The number of Topliss-reactive ketones (excluding diaryl/α,β-unsaturated/α-hetero) is 1. The number of nitrogens with one attached hydrogen (secondary N) is 1. The van der Waals surface area contributed by atoms with Crippen LogP contribution in [0.3, 0.4) is 0 Å². The molecule has 38 heavy (non-hydrogen) atoms. The number of carbonyl (C=O) groups is 1. The molecule has 0 bridgehead atoms. The van der Waals surface area contributed by atoms with E-state index < -0.39 is 11.6 Å². The molecular weight excluding hydrogens is 480 g/mol. The Hall–Kier alpha value is -4.16. The number of ketones is 1. The minimum absolute atomic E-state index is 0.0198. The molecule has 6 heteroatoms. The van der Waals surface area contributed by atoms with Gasteiger partial charge in [-0.15, -0.1) is 0 Å². The van der Waals surface area contributed by atoms with Crippen molar-refractivity contribution >= 4 is 16.7 Å². The Morgan fingerprint density at radius 1 is 0.974 bits per heavy atom. The van der Waals surface area contributed by atoms with Crippen molar-refractivity contribution in [2.75, 3.05) is 0 Å². The van der Waals surface area contributed by atoms with Crippen LogP contribution in [0.2, 0.25) is 0 Å². The molecule has 0 amide bonds. The van der Waals surface area contributed by atoms with Crippen LogP contribution in [0.5, 0.6) is 0 Å². The summed E-state index contributed by atoms with van der Waals surface area (Å²) in [5.74, 6) is -1.63. The number of halogens is 2. The summed E-state index contributed by atoms with van der Waals surface area (Å²) in [6, 6.07) is 21.4. The minimum atomic E-state index is -0.639. The monoisotopic (exact) mass is 509 g/mol. The van der Waals surface area contributed by atoms with Gasteiger partial charge in [-0.1, -0.05) is 42.0 Å². The van der Waals surface area contributed by atoms with Crippen molar-refractivity contribution in [3.63, 3.8) is 0 Å². The number of hydrogen-bond acceptors (Lipinski definition) is 3. The van der Waals surface area contributed by atoms with Crippen LogP contribution in [0.1, 0.15) is 40.3 Å². The standard InChI is InChI=1S/C32H29F2N3O/c1-20-4-7-23(8-5-20)29-3-2-10-36-32(29)24(11-22-12-26(33)17-27(34)13-22)15-28(38)16-25-19-37-31-9-6-21(18-35)14-30(25)31/h2-10,12-14,17,19,24,37H,11,15-16,18,35H2,1H3/t24-/m1/s1. The maximum atomic E-state index is 14.1. The largest absolute Gasteiger partial charge is 0.361 e. The van der Waals surface area contributed by atoms with Gasteiger partial charge in [0.05, 0.1) is 5.69 Å². The first-order valence-corrected chi connectivity index (χ1v) is 12.7. The summed E-state index contributed by atoms with van der Waals surface area (Å²) < 4.78 is 28.1. The predicted octanol–water partition coefficient (Wildman–Crippen LogP) is 6.80. The van der Waals surface area contributed by atoms with E-state index in [1.807, 2.05) is 67.7 Å². The van der Waals surface area contributed by atoms with Gasteiger partial charge in [-0.3, -0.25) is 9.78 Å². The Kier molecular flexibility index (Phi) is 7.43. The van der Waals surface area contributed by atoms with Crippen molar-refractivity contribution in [3.05, 3.63) is 125 Å². The molecule has 0 saturated heterocycles. The molecule has 5 rings (SSSR count). The van der Waals surface area contributed by atoms with Crippen molar-refractivity contribution in [1.29, 1.82) is 0 Å². The summed E-state index contributed by atoms with van der Waals surface area (Å²) in [6.45, 7) is 2.44. The van der Waals surface area contributed by atoms with Crippen LogP contribution in [0.15, 0.2) is 85.2 Å². The third-order valence-electron chi connectivity index (χ3n) is 6.92. The molecule has 3 N–H and O–H groups in total. The number of aromatic nitrogens is 2. The van der Waals surface area contributed by atoms with Crippen LogP contribution in [0, 0.1) is 18.6 Å². The van der Waals surface area contributed by atoms with Crippen molar-refractivity contribution in [3.8, 4) is 11.1 Å². The third kappa shape index (κ3) is 5.71. The molecule has 0 aliphatic carbocycles. The number of rotatable bonds is 9. The number of fused-ring (bicyclic) bond motifs is 1. The molecule has 1 atom stereocenters. The first-order chi connectivity index (χ1) is 18.4. The van der Waals surface area contributed by atoms with E-state index in [0.717, 1.165) is 50.5 Å². The van der Waals surface area contributed by atoms with Gasteiger partial charge in [0.2, 0.25) is 0 Å². The maximum absolute atomic E-state index is 14.1. The van der Waals surface area contributed by atoms with E-state index in [1.54, 1.807) is 6.20 Å². The first-order valence-electron chi connectivity index (χ1n) is 12.7. The molecule has 2 heterocycles. The lowest BCUT2D eigenvalue weighted by Gasteiger charge is -2.20. The summed E-state index contributed by atoms with van der Waals surface area (Å²) in [7, 11) is 0. The number of aryl methyl sites for hydroxylation is 1. The Labute approximate surface area is 220 Å². The normalized spacial score (nSPS) is 12.1. The molecule has 5 aromatic rings. The second kappa shape index (κ2) is 11.1. The lowest BCUT2D eigenvalue weighted by molar-refractivity contribution is -0.118. The number of carbonyl (C=O) groups excluding carboxylic acids is 1. The van der Waals surface area contributed by atoms with Gasteiger partial charge in [-0.25, -0.2) is 8.78 Å². The topological polar surface area (TPSA) is 71.8 Å². The van der Waals surface area contributed by atoms with Gasteiger partial charge >= 0.3 is 0 Å². The van der Waals surface area contributed by atoms with Crippen molar-refractivity contribution in [2.24, 2.45) is 5.73 Å². The molecule has 4 nitrogen and oxygen atoms in total. The highest BCUT2D eigenvalue weighted by Crippen LogP contribution is 2.33. The Morgan fingerprint density at radius 2 is 1.74 bits per heavy atom. The summed E-state index contributed by atoms with van der Waals surface area (Å²) in [4.78, 5) is 21.4. The SMILES string of the molecule is Cc1ccc(-c2cccnc2[C@@H](CC(=O)Cc2c[nH]c3ccc(CN)cc23)Cc2cc(F)cc(F)c2)cc1. The molecule has 0 radical (unpaired) electrons. The maximum Gasteiger partial charge on any atom is 0.138 e. The average molecular weight is 510 g/mol. The number of hydrogen-bond donors (Lipinski definition) is 2. The predicted molar refractivity (Wildman–Crippen MR) is 147 cm³/mol. The molecule has 0 aliphatic heterocycles. The zero-order valence-electron chi connectivity index (χ0n) is 21.2. The van der Waals surface area contributed by atoms with E-state index >= 15 is 0 Å². The van der Waals surface area contributed by atoms with E-state index in [0.29, 0.717) is 12.1 Å². The molecule has 192 valence electrons. The van der Waals surface area contributed by atoms with Gasteiger partial charge in [0.25, 0.3) is 0 Å². The molecule has 3 aromatic carbocycles. The van der Waals surface area contributed by atoms with Gasteiger partial charge < -0.3 is 10.7 Å². The van der Waals surface area contributed by atoms with Crippen LogP contribution in [-0.2, 0) is 24.2 Å². The molecular formula is C32H29F2N3O. The Bertz CT molecular complexity index is 1570. The molecule has 0 saturated carbocycles. The van der Waals surface area contributed by atoms with E-state index in [2.05, 4.69) is 9.97 Å². The smallest absolute Gasteiger partial charge is 0.138 e. The molecule has 0 fully saturated rings. The van der Waals surface area contributed by atoms with Gasteiger partial charge in [0.1, 0.15) is 17.4 Å². The lowest BCUT2D eigenvalue weighted by Crippen LogP contribution is -2.14. The van der Waals surface area contributed by atoms with Gasteiger partial charge in [0, 0.05) is 60.2 Å². The van der Waals surface area contributed by atoms with Crippen molar-refractivity contribution in [2.45, 2.75) is 38.6 Å². The van der Waals surface area contributed by atoms with Crippen LogP contribution in [0.25, 0.3) is 22.0 Å². The van der Waals surface area contributed by atoms with E-state index in [-0.39, 0.29) is 31.0 Å². The Morgan fingerprint density at radius 3 is 2.47 bits per heavy atom. The number of nitrogens with two attached hydrogens (primary N) is 1. The first kappa shape index (κ1) is 25.5. The summed E-state index contributed by atoms with van der Waals surface area (Å²) in [6.07, 6.45) is 4.25. The van der Waals surface area contributed by atoms with Crippen LogP contribution >= 0.6 is 0 Å². The van der Waals surface area contributed by atoms with Gasteiger partial charge in [0.15, 0.2) is 0 Å². The second-order valence-corrected chi connectivity index (χ2v) is 9.80. The zero-order chi connectivity index (χ0) is 26.6. The van der Waals surface area contributed by atoms with Gasteiger partial charge in [-0.05, 0) is 65.9 Å². The van der Waals surface area contributed by atoms with Crippen LogP contribution in [0.4, 0.5) is 8.78 Å². The third-order valence-corrected chi connectivity index (χ3v) is 6.92. The zero-order valence-corrected chi connectivity index (χ0v) is 21.2. The quantitative estimate of drug-likeness (QED) is 0.229. The fraction of sp³-hybridized carbons (Fsp3) is 0.188. The molecule has 2 aromatic heterocycles. The number of benzene rings is 3. The summed E-state index contributed by atoms with van der Waals surface area (Å²) in [5.41, 5.74) is 12.9. The molecule has 0 unspecified atom stereocenters. The summed E-state index contributed by atoms with van der Waals surface area (Å²) >= 11 is 0. The van der Waals surface area contributed by atoms with Crippen molar-refractivity contribution in [1.82, 2.24) is 9.97 Å². The van der Waals surface area contributed by atoms with E-state index in [1.165, 1.54) is 12.1 Å². The van der Waals surface area contributed by atoms with E-state index in [9.17, 15) is 13.6 Å². The van der Waals surface area contributed by atoms with Crippen molar-refractivity contribution < 1.29 is 13.6 Å². The van der Waals surface area contributed by atoms with Crippen LogP contribution < -0.4 is 5.73 Å². The second-order valence-electron chi connectivity index (χ2n) is 9.80. The summed E-state index contributed by atoms with van der Waals surface area (Å²) in [5, 5.41) is 0.975. The Balaban J connectivity index is 1.49. The lowest BCUT2D eigenvalue weighted by atomic mass is 9.86. The van der Waals surface area contributed by atoms with Crippen LogP contribution in [-0.4, -0.2) is 15.8 Å². The number of aromatic amines is 1. The number of nitrogens with zero attached hydrogens (tertiary/aromatic N) is 1. The highest BCUT2D eigenvalue weighted by atomic mass is 19.1. The fourth-order valence-electron chi connectivity index (χ4n) is 5.06. The van der Waals surface area contributed by atoms with E-state index in [4.69, 9.17) is 5.73 Å². The average Bonchev–Trinajstić information content (AvgIpc) is 3.29. The minimum Gasteiger partial charge on any atom is -0.361 e. The van der Waals surface area contributed by atoms with Gasteiger partial charge in [-0.2, -0.15) is 0 Å². The molecule has 0 spiro atoms. The number of pyridine rings is 1. The highest BCUT2D eigenvalue weighted by molar-refractivity contribution is 5.90. The highest BCUT2D eigenvalue weighted by Gasteiger charge is 2.23. The molecule has 0 aliphatic rings.